The highest BCUT2D eigenvalue weighted by Gasteiger charge is 2.28. The van der Waals surface area contributed by atoms with Gasteiger partial charge in [-0.15, -0.1) is 0 Å². The number of hydrogen-bond donors (Lipinski definition) is 2. The van der Waals surface area contributed by atoms with Crippen molar-refractivity contribution in [2.75, 3.05) is 7.11 Å². The summed E-state index contributed by atoms with van der Waals surface area (Å²) in [5, 5.41) is 9.14. The molecule has 0 radical (unpaired) electrons. The van der Waals surface area contributed by atoms with Gasteiger partial charge in [0.25, 0.3) is 0 Å². The van der Waals surface area contributed by atoms with Crippen LogP contribution in [0.4, 0.5) is 0 Å². The number of phenolic OH excluding ortho intramolecular Hbond substituents is 1. The third kappa shape index (κ3) is 3.01. The number of benzene rings is 1. The van der Waals surface area contributed by atoms with E-state index in [1.165, 1.54) is 24.3 Å². The van der Waals surface area contributed by atoms with E-state index in [1.807, 2.05) is 0 Å². The Morgan fingerprint density at radius 3 is 2.50 bits per heavy atom. The van der Waals surface area contributed by atoms with Gasteiger partial charge in [-0.1, -0.05) is 0 Å². The molecule has 0 spiro atoms. The van der Waals surface area contributed by atoms with Gasteiger partial charge in [0.1, 0.15) is 5.75 Å². The molecule has 1 fully saturated rings. The molecule has 0 amide bonds. The predicted molar refractivity (Wildman–Crippen MR) is 66.9 cm³/mol. The molecule has 2 rings (SSSR count). The van der Waals surface area contributed by atoms with Gasteiger partial charge in [-0.3, -0.25) is 0 Å². The maximum atomic E-state index is 12.1. The Hall–Kier alpha value is -1.11. The SMILES string of the molecule is COC1CCC(NS(=O)(=O)c2ccc(O)cc2)C1. The first-order chi connectivity index (χ1) is 8.51. The normalized spacial score (nSPS) is 24.3. The Kier molecular flexibility index (Phi) is 3.89. The van der Waals surface area contributed by atoms with Crippen molar-refractivity contribution in [3.63, 3.8) is 0 Å². The number of nitrogens with one attached hydrogen (secondary N) is 1. The summed E-state index contributed by atoms with van der Waals surface area (Å²) in [6, 6.07) is 5.43. The summed E-state index contributed by atoms with van der Waals surface area (Å²) in [7, 11) is -1.87. The number of hydrogen-bond acceptors (Lipinski definition) is 4. The molecule has 0 saturated heterocycles. The van der Waals surface area contributed by atoms with Gasteiger partial charge in [0.05, 0.1) is 11.0 Å². The standard InChI is InChI=1S/C12H17NO4S/c1-17-11-5-2-9(8-11)13-18(15,16)12-6-3-10(14)4-7-12/h3-4,6-7,9,11,13-14H,2,5,8H2,1H3. The molecule has 0 aliphatic heterocycles. The summed E-state index contributed by atoms with van der Waals surface area (Å²) < 4.78 is 32.0. The van der Waals surface area contributed by atoms with E-state index in [2.05, 4.69) is 4.72 Å². The van der Waals surface area contributed by atoms with Gasteiger partial charge in [-0.2, -0.15) is 0 Å². The molecule has 0 heterocycles. The van der Waals surface area contributed by atoms with E-state index in [1.54, 1.807) is 7.11 Å². The van der Waals surface area contributed by atoms with Crippen LogP contribution in [0.1, 0.15) is 19.3 Å². The number of ether oxygens (including phenoxy) is 1. The van der Waals surface area contributed by atoms with Gasteiger partial charge in [0.15, 0.2) is 0 Å². The first kappa shape index (κ1) is 13.3. The maximum absolute atomic E-state index is 12.1. The van der Waals surface area contributed by atoms with Crippen LogP contribution in [0.25, 0.3) is 0 Å². The molecule has 2 unspecified atom stereocenters. The Labute approximate surface area is 107 Å². The van der Waals surface area contributed by atoms with E-state index in [9.17, 15) is 8.42 Å². The van der Waals surface area contributed by atoms with Gasteiger partial charge < -0.3 is 9.84 Å². The van der Waals surface area contributed by atoms with Crippen molar-refractivity contribution >= 4 is 10.0 Å². The van der Waals surface area contributed by atoms with Gasteiger partial charge in [-0.25, -0.2) is 13.1 Å². The van der Waals surface area contributed by atoms with Crippen molar-refractivity contribution in [1.82, 2.24) is 4.72 Å². The smallest absolute Gasteiger partial charge is 0.240 e. The first-order valence-corrected chi connectivity index (χ1v) is 7.34. The topological polar surface area (TPSA) is 75.6 Å². The summed E-state index contributed by atoms with van der Waals surface area (Å²) in [5.41, 5.74) is 0. The number of methoxy groups -OCH3 is 1. The fraction of sp³-hybridized carbons (Fsp3) is 0.500. The molecular formula is C12H17NO4S. The highest BCUT2D eigenvalue weighted by molar-refractivity contribution is 7.89. The molecule has 1 aromatic rings. The fourth-order valence-corrected chi connectivity index (χ4v) is 3.46. The summed E-state index contributed by atoms with van der Waals surface area (Å²) in [6.07, 6.45) is 2.50. The zero-order chi connectivity index (χ0) is 13.2. The van der Waals surface area contributed by atoms with Gasteiger partial charge in [-0.05, 0) is 43.5 Å². The van der Waals surface area contributed by atoms with E-state index in [0.717, 1.165) is 12.8 Å². The lowest BCUT2D eigenvalue weighted by atomic mass is 10.3. The lowest BCUT2D eigenvalue weighted by Crippen LogP contribution is -2.33. The molecule has 5 nitrogen and oxygen atoms in total. The van der Waals surface area contributed by atoms with Gasteiger partial charge in [0, 0.05) is 13.2 Å². The van der Waals surface area contributed by atoms with Crippen LogP contribution in [-0.2, 0) is 14.8 Å². The second-order valence-corrected chi connectivity index (χ2v) is 6.20. The summed E-state index contributed by atoms with van der Waals surface area (Å²) in [4.78, 5) is 0.168. The van der Waals surface area contributed by atoms with E-state index in [4.69, 9.17) is 9.84 Å². The number of rotatable bonds is 4. The van der Waals surface area contributed by atoms with Crippen LogP contribution in [-0.4, -0.2) is 32.8 Å². The van der Waals surface area contributed by atoms with E-state index < -0.39 is 10.0 Å². The lowest BCUT2D eigenvalue weighted by Gasteiger charge is -2.13. The lowest BCUT2D eigenvalue weighted by molar-refractivity contribution is 0.107. The number of phenols is 1. The molecule has 1 aliphatic carbocycles. The maximum Gasteiger partial charge on any atom is 0.240 e. The first-order valence-electron chi connectivity index (χ1n) is 5.85. The third-order valence-electron chi connectivity index (χ3n) is 3.19. The minimum Gasteiger partial charge on any atom is -0.508 e. The second kappa shape index (κ2) is 5.26. The largest absolute Gasteiger partial charge is 0.508 e. The summed E-state index contributed by atoms with van der Waals surface area (Å²) in [5.74, 6) is 0.0502. The minimum absolute atomic E-state index is 0.0502. The Morgan fingerprint density at radius 1 is 1.28 bits per heavy atom. The molecule has 2 N–H and O–H groups in total. The van der Waals surface area contributed by atoms with Gasteiger partial charge >= 0.3 is 0 Å². The van der Waals surface area contributed by atoms with E-state index in [-0.39, 0.29) is 22.8 Å². The highest BCUT2D eigenvalue weighted by Crippen LogP contribution is 2.23. The van der Waals surface area contributed by atoms with Crippen molar-refractivity contribution in [2.24, 2.45) is 0 Å². The van der Waals surface area contributed by atoms with Crippen LogP contribution in [0.2, 0.25) is 0 Å². The van der Waals surface area contributed by atoms with Crippen molar-refractivity contribution < 1.29 is 18.3 Å². The van der Waals surface area contributed by atoms with Crippen LogP contribution >= 0.6 is 0 Å². The Balaban J connectivity index is 2.06. The van der Waals surface area contributed by atoms with Crippen LogP contribution in [0.3, 0.4) is 0 Å². The molecule has 0 aromatic heterocycles. The zero-order valence-corrected chi connectivity index (χ0v) is 11.0. The van der Waals surface area contributed by atoms with E-state index >= 15 is 0 Å². The molecule has 100 valence electrons. The zero-order valence-electron chi connectivity index (χ0n) is 10.2. The van der Waals surface area contributed by atoms with Crippen LogP contribution in [0.5, 0.6) is 5.75 Å². The fourth-order valence-electron chi connectivity index (χ4n) is 2.17. The highest BCUT2D eigenvalue weighted by atomic mass is 32.2. The summed E-state index contributed by atoms with van der Waals surface area (Å²) in [6.45, 7) is 0. The van der Waals surface area contributed by atoms with Crippen LogP contribution in [0.15, 0.2) is 29.2 Å². The van der Waals surface area contributed by atoms with Crippen molar-refractivity contribution in [3.8, 4) is 5.75 Å². The summed E-state index contributed by atoms with van der Waals surface area (Å²) >= 11 is 0. The minimum atomic E-state index is -3.51. The monoisotopic (exact) mass is 271 g/mol. The molecule has 1 saturated carbocycles. The second-order valence-electron chi connectivity index (χ2n) is 4.48. The Morgan fingerprint density at radius 2 is 1.94 bits per heavy atom. The van der Waals surface area contributed by atoms with E-state index in [0.29, 0.717) is 6.42 Å². The quantitative estimate of drug-likeness (QED) is 0.864. The Bertz CT molecular complexity index is 497. The van der Waals surface area contributed by atoms with Crippen LogP contribution in [0, 0.1) is 0 Å². The average molecular weight is 271 g/mol. The number of aromatic hydroxyl groups is 1. The molecule has 2 atom stereocenters. The molecule has 18 heavy (non-hydrogen) atoms. The van der Waals surface area contributed by atoms with Gasteiger partial charge in [0.2, 0.25) is 10.0 Å². The molecule has 1 aromatic carbocycles. The molecule has 0 bridgehead atoms. The van der Waals surface area contributed by atoms with Crippen molar-refractivity contribution in [2.45, 2.75) is 36.3 Å². The molecule has 1 aliphatic rings. The van der Waals surface area contributed by atoms with Crippen molar-refractivity contribution in [3.05, 3.63) is 24.3 Å². The predicted octanol–water partition coefficient (Wildman–Crippen LogP) is 1.24. The number of sulfonamides is 1. The molecule has 6 heteroatoms. The average Bonchev–Trinajstić information content (AvgIpc) is 2.76. The molecular weight excluding hydrogens is 254 g/mol. The van der Waals surface area contributed by atoms with Crippen LogP contribution < -0.4 is 4.72 Å². The third-order valence-corrected chi connectivity index (χ3v) is 4.72. The van der Waals surface area contributed by atoms with Crippen molar-refractivity contribution in [1.29, 1.82) is 0 Å².